The minimum Gasteiger partial charge on any atom is -0.497 e. The molecule has 2 aromatic carbocycles. The van der Waals surface area contributed by atoms with E-state index in [4.69, 9.17) is 9.47 Å². The van der Waals surface area contributed by atoms with E-state index in [1.165, 1.54) is 4.90 Å². The van der Waals surface area contributed by atoms with Crippen LogP contribution in [0.15, 0.2) is 66.9 Å². The summed E-state index contributed by atoms with van der Waals surface area (Å²) in [5.41, 5.74) is 0.222. The topological polar surface area (TPSA) is 86.4 Å². The van der Waals surface area contributed by atoms with Crippen molar-refractivity contribution in [2.45, 2.75) is 59.0 Å². The number of ether oxygens (including phenoxy) is 2. The molecule has 1 amide bonds. The van der Waals surface area contributed by atoms with Gasteiger partial charge in [0.15, 0.2) is 0 Å². The Kier molecular flexibility index (Phi) is 9.49. The fourth-order valence-electron chi connectivity index (χ4n) is 4.19. The highest BCUT2D eigenvalue weighted by molar-refractivity contribution is 5.90. The molecule has 0 aromatic heterocycles. The van der Waals surface area contributed by atoms with Crippen LogP contribution in [0, 0.1) is 34.0 Å². The normalized spacial score (nSPS) is 14.0. The number of hydrogen-bond acceptors (Lipinski definition) is 5. The van der Waals surface area contributed by atoms with E-state index in [9.17, 15) is 15.3 Å². The summed E-state index contributed by atoms with van der Waals surface area (Å²) in [6, 6.07) is 21.3. The van der Waals surface area contributed by atoms with Gasteiger partial charge in [-0.05, 0) is 57.0 Å². The van der Waals surface area contributed by atoms with Crippen LogP contribution in [0.2, 0.25) is 0 Å². The van der Waals surface area contributed by atoms with Crippen molar-refractivity contribution >= 4 is 11.8 Å². The summed E-state index contributed by atoms with van der Waals surface area (Å²) < 4.78 is 10.9. The molecule has 2 atom stereocenters. The second kappa shape index (κ2) is 12.1. The highest BCUT2D eigenvalue weighted by atomic mass is 16.6. The van der Waals surface area contributed by atoms with E-state index in [0.717, 1.165) is 12.0 Å². The summed E-state index contributed by atoms with van der Waals surface area (Å²) in [4.78, 5) is 14.6. The molecular formula is C29H35N3O3. The summed E-state index contributed by atoms with van der Waals surface area (Å²) in [5.74, 6) is -0.449. The van der Waals surface area contributed by atoms with Crippen molar-refractivity contribution in [3.05, 3.63) is 72.4 Å². The largest absolute Gasteiger partial charge is 0.497 e. The Bertz CT molecular complexity index is 1060. The van der Waals surface area contributed by atoms with Crippen LogP contribution in [0.5, 0.6) is 5.75 Å². The predicted octanol–water partition coefficient (Wildman–Crippen LogP) is 7.20. The van der Waals surface area contributed by atoms with Gasteiger partial charge in [0.2, 0.25) is 0 Å². The van der Waals surface area contributed by atoms with Crippen molar-refractivity contribution in [3.8, 4) is 17.9 Å². The number of carbonyl (C=O) groups excluding carboxylic acids is 1. The predicted molar refractivity (Wildman–Crippen MR) is 138 cm³/mol. The van der Waals surface area contributed by atoms with Crippen LogP contribution in [0.4, 0.5) is 10.5 Å². The summed E-state index contributed by atoms with van der Waals surface area (Å²) in [6.45, 7) is 9.46. The number of allylic oxidation sites excluding steroid dienone is 1. The Morgan fingerprint density at radius 2 is 1.63 bits per heavy atom. The Morgan fingerprint density at radius 1 is 1.03 bits per heavy atom. The van der Waals surface area contributed by atoms with Gasteiger partial charge in [0.1, 0.15) is 17.3 Å². The molecule has 0 spiro atoms. The second-order valence-electron chi connectivity index (χ2n) is 9.73. The molecule has 0 bridgehead atoms. The lowest BCUT2D eigenvalue weighted by molar-refractivity contribution is 0.0596. The van der Waals surface area contributed by atoms with E-state index in [-0.39, 0.29) is 5.92 Å². The van der Waals surface area contributed by atoms with Gasteiger partial charge in [0.05, 0.1) is 24.9 Å². The third-order valence-electron chi connectivity index (χ3n) is 5.94. The maximum Gasteiger partial charge on any atom is 0.418 e. The van der Waals surface area contributed by atoms with Crippen LogP contribution >= 0.6 is 0 Å². The van der Waals surface area contributed by atoms with Crippen molar-refractivity contribution < 1.29 is 14.3 Å². The first-order valence-corrected chi connectivity index (χ1v) is 11.8. The third-order valence-corrected chi connectivity index (χ3v) is 5.94. The first-order chi connectivity index (χ1) is 16.6. The van der Waals surface area contributed by atoms with Gasteiger partial charge in [-0.25, -0.2) is 4.79 Å². The van der Waals surface area contributed by atoms with Gasteiger partial charge in [-0.15, -0.1) is 0 Å². The fraction of sp³-hybridized carbons (Fsp3) is 0.414. The standard InChI is InChI=1S/C29H35N3O3/c1-7-18-29(5,23(20-30)21-31)26(22-11-9-8-10-12-22)17-19-32(27(33)35-28(2,3)4)24-13-15-25(34-6)16-14-24/h8-17,19,23,26H,7,18H2,1-6H3/b19-17+/t26-,29+/m0/s1. The van der Waals surface area contributed by atoms with Crippen LogP contribution in [0.1, 0.15) is 58.9 Å². The highest BCUT2D eigenvalue weighted by Crippen LogP contribution is 2.46. The lowest BCUT2D eigenvalue weighted by Gasteiger charge is -2.37. The minimum absolute atomic E-state index is 0.295. The number of methoxy groups -OCH3 is 1. The second-order valence-corrected chi connectivity index (χ2v) is 9.73. The van der Waals surface area contributed by atoms with Gasteiger partial charge in [-0.2, -0.15) is 10.5 Å². The average Bonchev–Trinajstić information content (AvgIpc) is 2.82. The molecule has 0 saturated carbocycles. The number of carbonyl (C=O) groups is 1. The molecule has 2 rings (SSSR count). The Balaban J connectivity index is 2.63. The summed E-state index contributed by atoms with van der Waals surface area (Å²) in [6.07, 6.45) is 4.54. The van der Waals surface area contributed by atoms with Crippen molar-refractivity contribution in [2.24, 2.45) is 11.3 Å². The van der Waals surface area contributed by atoms with E-state index in [0.29, 0.717) is 17.9 Å². The average molecular weight is 474 g/mol. The molecular weight excluding hydrogens is 438 g/mol. The molecule has 0 aliphatic carbocycles. The first-order valence-electron chi connectivity index (χ1n) is 11.8. The van der Waals surface area contributed by atoms with Gasteiger partial charge >= 0.3 is 6.09 Å². The van der Waals surface area contributed by atoms with Crippen molar-refractivity contribution in [3.63, 3.8) is 0 Å². The number of nitriles is 2. The Morgan fingerprint density at radius 3 is 2.11 bits per heavy atom. The van der Waals surface area contributed by atoms with Crippen molar-refractivity contribution in [1.29, 1.82) is 10.5 Å². The summed E-state index contributed by atoms with van der Waals surface area (Å²) in [5, 5.41) is 19.6. The van der Waals surface area contributed by atoms with E-state index in [1.807, 2.05) is 71.0 Å². The zero-order chi connectivity index (χ0) is 26.1. The molecule has 0 heterocycles. The molecule has 6 heteroatoms. The fourth-order valence-corrected chi connectivity index (χ4v) is 4.19. The molecule has 0 aliphatic rings. The lowest BCUT2D eigenvalue weighted by Crippen LogP contribution is -2.35. The van der Waals surface area contributed by atoms with E-state index in [1.54, 1.807) is 37.6 Å². The summed E-state index contributed by atoms with van der Waals surface area (Å²) >= 11 is 0. The maximum absolute atomic E-state index is 13.2. The zero-order valence-electron chi connectivity index (χ0n) is 21.5. The van der Waals surface area contributed by atoms with Crippen LogP contribution in [-0.2, 0) is 4.74 Å². The smallest absolute Gasteiger partial charge is 0.418 e. The molecule has 0 aliphatic heterocycles. The van der Waals surface area contributed by atoms with Crippen LogP contribution in [0.3, 0.4) is 0 Å². The van der Waals surface area contributed by atoms with Crippen molar-refractivity contribution in [1.82, 2.24) is 0 Å². The number of nitrogens with zero attached hydrogens (tertiary/aromatic N) is 3. The minimum atomic E-state index is -0.826. The van der Waals surface area contributed by atoms with Gasteiger partial charge in [-0.1, -0.05) is 56.7 Å². The monoisotopic (exact) mass is 473 g/mol. The van der Waals surface area contributed by atoms with Crippen LogP contribution in [-0.4, -0.2) is 18.8 Å². The number of rotatable bonds is 9. The van der Waals surface area contributed by atoms with Crippen LogP contribution < -0.4 is 9.64 Å². The molecule has 184 valence electrons. The molecule has 2 aromatic rings. The molecule has 35 heavy (non-hydrogen) atoms. The highest BCUT2D eigenvalue weighted by Gasteiger charge is 2.41. The zero-order valence-corrected chi connectivity index (χ0v) is 21.5. The number of benzene rings is 2. The molecule has 0 fully saturated rings. The van der Waals surface area contributed by atoms with E-state index in [2.05, 4.69) is 12.1 Å². The molecule has 0 unspecified atom stereocenters. The van der Waals surface area contributed by atoms with E-state index >= 15 is 0 Å². The Labute approximate surface area is 209 Å². The van der Waals surface area contributed by atoms with Gasteiger partial charge in [-0.3, -0.25) is 4.90 Å². The first kappa shape index (κ1) is 27.5. The quantitative estimate of drug-likeness (QED) is 0.384. The van der Waals surface area contributed by atoms with Gasteiger partial charge in [0, 0.05) is 17.5 Å². The van der Waals surface area contributed by atoms with Gasteiger partial charge < -0.3 is 9.47 Å². The van der Waals surface area contributed by atoms with Crippen molar-refractivity contribution in [2.75, 3.05) is 12.0 Å². The molecule has 0 saturated heterocycles. The summed E-state index contributed by atoms with van der Waals surface area (Å²) in [7, 11) is 1.58. The van der Waals surface area contributed by atoms with E-state index < -0.39 is 23.0 Å². The molecule has 0 N–H and O–H groups in total. The lowest BCUT2D eigenvalue weighted by atomic mass is 9.64. The third kappa shape index (κ3) is 7.11. The van der Waals surface area contributed by atoms with Crippen LogP contribution in [0.25, 0.3) is 0 Å². The molecule has 6 nitrogen and oxygen atoms in total. The Hall–Kier alpha value is -3.77. The SMILES string of the molecule is CCC[C@](C)(C(C#N)C#N)[C@@H](/C=C/N(C(=O)OC(C)(C)C)c1ccc(OC)cc1)c1ccccc1. The molecule has 0 radical (unpaired) electrons. The number of hydrogen-bond donors (Lipinski definition) is 0. The number of anilines is 1. The maximum atomic E-state index is 13.2. The van der Waals surface area contributed by atoms with Gasteiger partial charge in [0.25, 0.3) is 0 Å². The number of amides is 1.